The van der Waals surface area contributed by atoms with Crippen LogP contribution in [0, 0.1) is 19.7 Å². The summed E-state index contributed by atoms with van der Waals surface area (Å²) in [4.78, 5) is 15.9. The molecule has 5 nitrogen and oxygen atoms in total. The molecule has 0 fully saturated rings. The average Bonchev–Trinajstić information content (AvgIpc) is 2.36. The van der Waals surface area contributed by atoms with Crippen molar-refractivity contribution in [2.24, 2.45) is 0 Å². The van der Waals surface area contributed by atoms with E-state index in [1.165, 1.54) is 12.1 Å². The van der Waals surface area contributed by atoms with Crippen molar-refractivity contribution in [1.82, 2.24) is 15.2 Å². The van der Waals surface area contributed by atoms with Crippen molar-refractivity contribution in [3.05, 3.63) is 46.0 Å². The molecule has 0 aliphatic rings. The summed E-state index contributed by atoms with van der Waals surface area (Å²) in [6.07, 6.45) is 0. The summed E-state index contributed by atoms with van der Waals surface area (Å²) >= 11 is 5.72. The zero-order chi connectivity index (χ0) is 14.0. The number of carbonyl (C=O) groups is 1. The van der Waals surface area contributed by atoms with Crippen LogP contribution in [0.4, 0.5) is 10.3 Å². The topological polar surface area (TPSA) is 67.8 Å². The van der Waals surface area contributed by atoms with Gasteiger partial charge in [0.2, 0.25) is 5.95 Å². The molecule has 1 N–H and O–H groups in total. The van der Waals surface area contributed by atoms with E-state index >= 15 is 0 Å². The predicted molar refractivity (Wildman–Crippen MR) is 68.7 cm³/mol. The molecule has 0 atom stereocenters. The lowest BCUT2D eigenvalue weighted by molar-refractivity contribution is 0.102. The van der Waals surface area contributed by atoms with Gasteiger partial charge in [-0.25, -0.2) is 9.37 Å². The van der Waals surface area contributed by atoms with E-state index in [1.807, 2.05) is 0 Å². The van der Waals surface area contributed by atoms with Crippen LogP contribution < -0.4 is 5.32 Å². The fraction of sp³-hybridized carbons (Fsp3) is 0.167. The molecule has 0 radical (unpaired) electrons. The Morgan fingerprint density at radius 3 is 2.68 bits per heavy atom. The third-order valence-corrected chi connectivity index (χ3v) is 2.73. The second-order valence-electron chi connectivity index (χ2n) is 3.88. The molecule has 1 aromatic heterocycles. The summed E-state index contributed by atoms with van der Waals surface area (Å²) in [5, 5.41) is 10.2. The van der Waals surface area contributed by atoms with Crippen molar-refractivity contribution in [3.8, 4) is 0 Å². The Morgan fingerprint density at radius 1 is 1.26 bits per heavy atom. The third kappa shape index (κ3) is 3.03. The molecule has 19 heavy (non-hydrogen) atoms. The van der Waals surface area contributed by atoms with E-state index in [1.54, 1.807) is 13.8 Å². The van der Waals surface area contributed by atoms with Crippen molar-refractivity contribution in [2.75, 3.05) is 5.32 Å². The number of aromatic nitrogens is 3. The Kier molecular flexibility index (Phi) is 3.71. The van der Waals surface area contributed by atoms with E-state index in [0.29, 0.717) is 11.4 Å². The number of amides is 1. The Bertz CT molecular complexity index is 648. The number of hydrogen-bond acceptors (Lipinski definition) is 4. The smallest absolute Gasteiger partial charge is 0.261 e. The number of nitrogens with zero attached hydrogens (tertiary/aromatic N) is 3. The van der Waals surface area contributed by atoms with Gasteiger partial charge in [0.15, 0.2) is 0 Å². The van der Waals surface area contributed by atoms with E-state index in [9.17, 15) is 9.18 Å². The highest BCUT2D eigenvalue weighted by atomic mass is 35.5. The molecular formula is C12H10ClFN4O. The quantitative estimate of drug-likeness (QED) is 0.918. The molecular weight excluding hydrogens is 271 g/mol. The Labute approximate surface area is 113 Å². The molecule has 2 aromatic rings. The fourth-order valence-corrected chi connectivity index (χ4v) is 1.52. The molecule has 0 bridgehead atoms. The Hall–Kier alpha value is -2.08. The summed E-state index contributed by atoms with van der Waals surface area (Å²) in [5.74, 6) is -1.32. The molecule has 98 valence electrons. The number of anilines is 1. The summed E-state index contributed by atoms with van der Waals surface area (Å²) in [6.45, 7) is 3.48. The minimum absolute atomic E-state index is 0.0208. The summed E-state index contributed by atoms with van der Waals surface area (Å²) < 4.78 is 13.5. The van der Waals surface area contributed by atoms with E-state index in [4.69, 9.17) is 11.6 Å². The highest BCUT2D eigenvalue weighted by Crippen LogP contribution is 2.16. The highest BCUT2D eigenvalue weighted by Gasteiger charge is 2.14. The first-order valence-electron chi connectivity index (χ1n) is 5.41. The second-order valence-corrected chi connectivity index (χ2v) is 4.32. The number of rotatable bonds is 2. The van der Waals surface area contributed by atoms with Crippen LogP contribution >= 0.6 is 11.6 Å². The lowest BCUT2D eigenvalue weighted by atomic mass is 10.2. The number of nitrogens with one attached hydrogen (secondary N) is 1. The van der Waals surface area contributed by atoms with Gasteiger partial charge in [0.1, 0.15) is 5.82 Å². The molecule has 1 aromatic carbocycles. The van der Waals surface area contributed by atoms with E-state index < -0.39 is 11.7 Å². The maximum absolute atomic E-state index is 13.5. The van der Waals surface area contributed by atoms with Gasteiger partial charge in [0.25, 0.3) is 5.91 Å². The van der Waals surface area contributed by atoms with Gasteiger partial charge in [-0.15, -0.1) is 5.10 Å². The van der Waals surface area contributed by atoms with Crippen LogP contribution in [0.3, 0.4) is 0 Å². The van der Waals surface area contributed by atoms with Gasteiger partial charge in [-0.05, 0) is 32.0 Å². The average molecular weight is 281 g/mol. The number of carbonyl (C=O) groups excluding carboxylic acids is 1. The summed E-state index contributed by atoms with van der Waals surface area (Å²) in [6, 6.07) is 3.72. The maximum atomic E-state index is 13.5. The normalized spacial score (nSPS) is 10.3. The van der Waals surface area contributed by atoms with Crippen molar-refractivity contribution >= 4 is 23.5 Å². The van der Waals surface area contributed by atoms with Gasteiger partial charge in [-0.1, -0.05) is 11.6 Å². The molecule has 0 saturated heterocycles. The van der Waals surface area contributed by atoms with E-state index in [0.717, 1.165) is 6.07 Å². The van der Waals surface area contributed by atoms with Gasteiger partial charge in [0.05, 0.1) is 17.0 Å². The number of benzene rings is 1. The van der Waals surface area contributed by atoms with Crippen molar-refractivity contribution in [1.29, 1.82) is 0 Å². The molecule has 1 amide bonds. The lowest BCUT2D eigenvalue weighted by Crippen LogP contribution is -2.17. The standard InChI is InChI=1S/C12H10ClFN4O/c1-6-7(2)17-18-12(15-6)16-11(19)9-5-8(13)3-4-10(9)14/h3-5H,1-2H3,(H,15,16,18,19). The summed E-state index contributed by atoms with van der Waals surface area (Å²) in [5.41, 5.74) is 1.12. The van der Waals surface area contributed by atoms with Crippen LogP contribution in [0.1, 0.15) is 21.7 Å². The molecule has 2 rings (SSSR count). The highest BCUT2D eigenvalue weighted by molar-refractivity contribution is 6.31. The van der Waals surface area contributed by atoms with Gasteiger partial charge in [-0.3, -0.25) is 10.1 Å². The van der Waals surface area contributed by atoms with Crippen molar-refractivity contribution in [3.63, 3.8) is 0 Å². The van der Waals surface area contributed by atoms with Gasteiger partial charge < -0.3 is 0 Å². The zero-order valence-corrected chi connectivity index (χ0v) is 11.0. The van der Waals surface area contributed by atoms with Crippen LogP contribution in [-0.2, 0) is 0 Å². The van der Waals surface area contributed by atoms with Crippen molar-refractivity contribution in [2.45, 2.75) is 13.8 Å². The number of hydrogen-bond donors (Lipinski definition) is 1. The first-order chi connectivity index (χ1) is 8.97. The third-order valence-electron chi connectivity index (χ3n) is 2.49. The molecule has 0 saturated carbocycles. The van der Waals surface area contributed by atoms with E-state index in [2.05, 4.69) is 20.5 Å². The van der Waals surface area contributed by atoms with Crippen molar-refractivity contribution < 1.29 is 9.18 Å². The fourth-order valence-electron chi connectivity index (χ4n) is 1.35. The number of aryl methyl sites for hydroxylation is 2. The SMILES string of the molecule is Cc1nnc(NC(=O)c2cc(Cl)ccc2F)nc1C. The van der Waals surface area contributed by atoms with Gasteiger partial charge in [-0.2, -0.15) is 5.10 Å². The Balaban J connectivity index is 2.25. The molecule has 7 heteroatoms. The lowest BCUT2D eigenvalue weighted by Gasteiger charge is -2.05. The largest absolute Gasteiger partial charge is 0.289 e. The number of halogens is 2. The minimum Gasteiger partial charge on any atom is -0.289 e. The van der Waals surface area contributed by atoms with Crippen LogP contribution in [0.2, 0.25) is 5.02 Å². The van der Waals surface area contributed by atoms with E-state index in [-0.39, 0.29) is 16.5 Å². The van der Waals surface area contributed by atoms with Crippen LogP contribution in [0.25, 0.3) is 0 Å². The maximum Gasteiger partial charge on any atom is 0.261 e. The van der Waals surface area contributed by atoms with Gasteiger partial charge >= 0.3 is 0 Å². The zero-order valence-electron chi connectivity index (χ0n) is 10.2. The predicted octanol–water partition coefficient (Wildman–Crippen LogP) is 2.53. The summed E-state index contributed by atoms with van der Waals surface area (Å²) in [7, 11) is 0. The Morgan fingerprint density at radius 2 is 2.00 bits per heavy atom. The van der Waals surface area contributed by atoms with Gasteiger partial charge in [0, 0.05) is 5.02 Å². The minimum atomic E-state index is -0.676. The monoisotopic (exact) mass is 280 g/mol. The van der Waals surface area contributed by atoms with Crippen LogP contribution in [-0.4, -0.2) is 21.1 Å². The molecule has 0 aliphatic heterocycles. The van der Waals surface area contributed by atoms with Crippen LogP contribution in [0.5, 0.6) is 0 Å². The molecule has 0 unspecified atom stereocenters. The molecule has 0 spiro atoms. The first kappa shape index (κ1) is 13.4. The molecule has 0 aliphatic carbocycles. The van der Waals surface area contributed by atoms with Crippen LogP contribution in [0.15, 0.2) is 18.2 Å². The molecule has 1 heterocycles. The second kappa shape index (κ2) is 5.27. The first-order valence-corrected chi connectivity index (χ1v) is 5.79.